The van der Waals surface area contributed by atoms with Crippen LogP contribution in [0, 0.1) is 33.9 Å². The van der Waals surface area contributed by atoms with Crippen LogP contribution in [0.2, 0.25) is 0 Å². The van der Waals surface area contributed by atoms with Crippen molar-refractivity contribution in [2.24, 2.45) is 4.99 Å². The van der Waals surface area contributed by atoms with Gasteiger partial charge in [-0.25, -0.2) is 0 Å². The maximum atomic E-state index is 11.1. The Kier molecular flexibility index (Phi) is 4.57. The molecule has 0 saturated heterocycles. The van der Waals surface area contributed by atoms with Gasteiger partial charge in [0.25, 0.3) is 5.69 Å². The second kappa shape index (κ2) is 6.43. The largest absolute Gasteiger partial charge is 0.483 e. The minimum Gasteiger partial charge on any atom is -0.483 e. The molecule has 7 heteroatoms. The van der Waals surface area contributed by atoms with Crippen molar-refractivity contribution in [3.63, 3.8) is 0 Å². The van der Waals surface area contributed by atoms with Crippen molar-refractivity contribution in [3.05, 3.63) is 40.0 Å². The van der Waals surface area contributed by atoms with Gasteiger partial charge in [0.2, 0.25) is 6.19 Å². The first-order valence-electron chi connectivity index (χ1n) is 7.14. The van der Waals surface area contributed by atoms with E-state index in [1.54, 1.807) is 24.1 Å². The van der Waals surface area contributed by atoms with Gasteiger partial charge in [-0.05, 0) is 32.9 Å². The summed E-state index contributed by atoms with van der Waals surface area (Å²) in [6.07, 6.45) is 8.98. The Labute approximate surface area is 140 Å². The number of nitro groups is 1. The van der Waals surface area contributed by atoms with E-state index in [-0.39, 0.29) is 12.2 Å². The third-order valence-corrected chi connectivity index (χ3v) is 3.45. The van der Waals surface area contributed by atoms with Crippen molar-refractivity contribution in [2.45, 2.75) is 26.4 Å². The summed E-state index contributed by atoms with van der Waals surface area (Å²) in [5.41, 5.74) is 0.460. The molecule has 0 aromatic heterocycles. The lowest BCUT2D eigenvalue weighted by atomic mass is 9.97. The van der Waals surface area contributed by atoms with E-state index in [0.717, 1.165) is 0 Å². The molecule has 1 aromatic carbocycles. The monoisotopic (exact) mass is 324 g/mol. The highest BCUT2D eigenvalue weighted by Crippen LogP contribution is 2.39. The van der Waals surface area contributed by atoms with Crippen LogP contribution in [0.15, 0.2) is 29.3 Å². The molecule has 0 spiro atoms. The van der Waals surface area contributed by atoms with E-state index in [0.29, 0.717) is 22.8 Å². The first-order chi connectivity index (χ1) is 11.3. The van der Waals surface area contributed by atoms with Crippen molar-refractivity contribution >= 4 is 17.2 Å². The molecule has 1 aromatic rings. The number of ether oxygens (including phenoxy) is 1. The Bertz CT molecular complexity index is 825. The number of hydrogen-bond donors (Lipinski definition) is 0. The predicted octanol–water partition coefficient (Wildman–Crippen LogP) is 2.94. The molecular formula is C17H16N4O3. The lowest BCUT2D eigenvalue weighted by Crippen LogP contribution is -2.35. The summed E-state index contributed by atoms with van der Waals surface area (Å²) < 4.78 is 5.87. The first kappa shape index (κ1) is 17.0. The van der Waals surface area contributed by atoms with Gasteiger partial charge in [0.15, 0.2) is 0 Å². The van der Waals surface area contributed by atoms with Gasteiger partial charge in [0, 0.05) is 17.7 Å². The van der Waals surface area contributed by atoms with E-state index in [1.807, 2.05) is 19.9 Å². The van der Waals surface area contributed by atoms with Gasteiger partial charge in [-0.3, -0.25) is 10.1 Å². The minimum atomic E-state index is -0.641. The van der Waals surface area contributed by atoms with Gasteiger partial charge in [-0.1, -0.05) is 5.92 Å². The highest BCUT2D eigenvalue weighted by atomic mass is 16.6. The Morgan fingerprint density at radius 1 is 1.54 bits per heavy atom. The average Bonchev–Trinajstić information content (AvgIpc) is 2.50. The van der Waals surface area contributed by atoms with Crippen LogP contribution in [-0.4, -0.2) is 27.8 Å². The van der Waals surface area contributed by atoms with E-state index in [2.05, 4.69) is 10.9 Å². The minimum absolute atomic E-state index is 0.0570. The van der Waals surface area contributed by atoms with Crippen LogP contribution in [0.5, 0.6) is 5.75 Å². The SMILES string of the molecule is C#CCN(C1=CC(C)(C)Oc2ccc([N+](=O)[O-])cc21)C(C)=NC#N. The highest BCUT2D eigenvalue weighted by Gasteiger charge is 2.31. The van der Waals surface area contributed by atoms with Crippen LogP contribution >= 0.6 is 0 Å². The summed E-state index contributed by atoms with van der Waals surface area (Å²) in [5, 5.41) is 19.9. The normalized spacial score (nSPS) is 15.2. The number of aliphatic imine (C=N–C) groups is 1. The summed E-state index contributed by atoms with van der Waals surface area (Å²) >= 11 is 0. The molecule has 0 saturated carbocycles. The number of nitro benzene ring substituents is 1. The zero-order valence-electron chi connectivity index (χ0n) is 13.6. The van der Waals surface area contributed by atoms with Crippen molar-refractivity contribution in [3.8, 4) is 24.3 Å². The molecule has 1 heterocycles. The second-order valence-corrected chi connectivity index (χ2v) is 5.72. The smallest absolute Gasteiger partial charge is 0.270 e. The van der Waals surface area contributed by atoms with Crippen molar-refractivity contribution < 1.29 is 9.66 Å². The molecule has 0 N–H and O–H groups in total. The molecule has 122 valence electrons. The molecule has 0 fully saturated rings. The van der Waals surface area contributed by atoms with Crippen molar-refractivity contribution in [1.82, 2.24) is 4.90 Å². The van der Waals surface area contributed by atoms with Gasteiger partial charge >= 0.3 is 0 Å². The Balaban J connectivity index is 2.66. The van der Waals surface area contributed by atoms with Gasteiger partial charge in [0.1, 0.15) is 17.2 Å². The van der Waals surface area contributed by atoms with Crippen molar-refractivity contribution in [1.29, 1.82) is 5.26 Å². The maximum absolute atomic E-state index is 11.1. The molecule has 1 aliphatic rings. The number of terminal acetylenes is 1. The van der Waals surface area contributed by atoms with Crippen LogP contribution in [0.3, 0.4) is 0 Å². The summed E-state index contributed by atoms with van der Waals surface area (Å²) in [5.74, 6) is 3.43. The molecule has 1 aliphatic heterocycles. The fourth-order valence-corrected chi connectivity index (χ4v) is 2.46. The molecule has 0 unspecified atom stereocenters. The van der Waals surface area contributed by atoms with Crippen LogP contribution in [0.1, 0.15) is 26.3 Å². The van der Waals surface area contributed by atoms with Gasteiger partial charge < -0.3 is 9.64 Å². The van der Waals surface area contributed by atoms with Crippen LogP contribution in [0.4, 0.5) is 5.69 Å². The van der Waals surface area contributed by atoms with Crippen LogP contribution in [0.25, 0.3) is 5.70 Å². The summed E-state index contributed by atoms with van der Waals surface area (Å²) in [7, 11) is 0. The topological polar surface area (TPSA) is 91.8 Å². The number of benzene rings is 1. The fraction of sp³-hybridized carbons (Fsp3) is 0.294. The lowest BCUT2D eigenvalue weighted by Gasteiger charge is -2.35. The average molecular weight is 324 g/mol. The van der Waals surface area contributed by atoms with E-state index in [9.17, 15) is 10.1 Å². The number of non-ortho nitro benzene ring substituents is 1. The Morgan fingerprint density at radius 2 is 2.25 bits per heavy atom. The maximum Gasteiger partial charge on any atom is 0.270 e. The molecule has 0 radical (unpaired) electrons. The molecule has 2 rings (SSSR count). The summed E-state index contributed by atoms with van der Waals surface area (Å²) in [6, 6.07) is 4.38. The highest BCUT2D eigenvalue weighted by molar-refractivity contribution is 5.92. The second-order valence-electron chi connectivity index (χ2n) is 5.72. The number of hydrogen-bond acceptors (Lipinski definition) is 5. The predicted molar refractivity (Wildman–Crippen MR) is 90.0 cm³/mol. The van der Waals surface area contributed by atoms with Gasteiger partial charge in [0.05, 0.1) is 17.2 Å². The molecule has 0 amide bonds. The number of rotatable bonds is 3. The molecular weight excluding hydrogens is 308 g/mol. The summed E-state index contributed by atoms with van der Waals surface area (Å²) in [4.78, 5) is 16.0. The lowest BCUT2D eigenvalue weighted by molar-refractivity contribution is -0.384. The van der Waals surface area contributed by atoms with E-state index in [4.69, 9.17) is 16.4 Å². The molecule has 0 bridgehead atoms. The zero-order valence-corrected chi connectivity index (χ0v) is 13.6. The zero-order chi connectivity index (χ0) is 17.9. The summed E-state index contributed by atoms with van der Waals surface area (Å²) in [6.45, 7) is 5.55. The van der Waals surface area contributed by atoms with Gasteiger partial charge in [-0.15, -0.1) is 6.42 Å². The molecule has 0 atom stereocenters. The number of nitriles is 1. The standard InChI is InChI=1S/C17H16N4O3/c1-5-8-20(12(2)19-11-18)15-10-17(3,4)24-16-7-6-13(21(22)23)9-14(15)16/h1,6-7,9-10H,8H2,2-4H3. The van der Waals surface area contributed by atoms with E-state index < -0.39 is 10.5 Å². The van der Waals surface area contributed by atoms with E-state index in [1.165, 1.54) is 12.1 Å². The third kappa shape index (κ3) is 3.36. The number of nitrogens with zero attached hydrogens (tertiary/aromatic N) is 4. The molecule has 24 heavy (non-hydrogen) atoms. The van der Waals surface area contributed by atoms with Crippen LogP contribution in [-0.2, 0) is 0 Å². The van der Waals surface area contributed by atoms with E-state index >= 15 is 0 Å². The Hall–Kier alpha value is -3.32. The van der Waals surface area contributed by atoms with Crippen molar-refractivity contribution in [2.75, 3.05) is 6.54 Å². The first-order valence-corrected chi connectivity index (χ1v) is 7.14. The molecule has 0 aliphatic carbocycles. The number of amidine groups is 1. The quantitative estimate of drug-likeness (QED) is 0.213. The Morgan fingerprint density at radius 3 is 2.83 bits per heavy atom. The molecule has 7 nitrogen and oxygen atoms in total. The van der Waals surface area contributed by atoms with Gasteiger partial charge in [-0.2, -0.15) is 10.3 Å². The van der Waals surface area contributed by atoms with Crippen LogP contribution < -0.4 is 4.74 Å². The fourth-order valence-electron chi connectivity index (χ4n) is 2.46. The number of fused-ring (bicyclic) bond motifs is 1. The third-order valence-electron chi connectivity index (χ3n) is 3.45.